The summed E-state index contributed by atoms with van der Waals surface area (Å²) in [4.78, 5) is 12.7. The van der Waals surface area contributed by atoms with Crippen molar-refractivity contribution in [3.8, 4) is 11.1 Å². The minimum Gasteiger partial charge on any atom is -0.381 e. The van der Waals surface area contributed by atoms with Gasteiger partial charge in [0, 0.05) is 30.2 Å². The summed E-state index contributed by atoms with van der Waals surface area (Å²) >= 11 is 5.83. The fraction of sp³-hybridized carbons (Fsp3) is 0.125. The average Bonchev–Trinajstić information content (AvgIpc) is 2.80. The Morgan fingerprint density at radius 2 is 1.63 bits per heavy atom. The lowest BCUT2D eigenvalue weighted by molar-refractivity contribution is 0.105. The summed E-state index contributed by atoms with van der Waals surface area (Å²) in [6.07, 6.45) is 5.16. The van der Waals surface area contributed by atoms with E-state index in [1.54, 1.807) is 18.6 Å². The summed E-state index contributed by atoms with van der Waals surface area (Å²) in [5.74, 6) is 0. The molecule has 0 aliphatic carbocycles. The molecule has 0 bridgehead atoms. The minimum atomic E-state index is 0.427. The van der Waals surface area contributed by atoms with Gasteiger partial charge in [0.2, 0.25) is 0 Å². The van der Waals surface area contributed by atoms with Gasteiger partial charge < -0.3 is 10.1 Å². The fourth-order valence-electron chi connectivity index (χ4n) is 3.03. The van der Waals surface area contributed by atoms with Crippen LogP contribution in [0.25, 0.3) is 11.1 Å². The van der Waals surface area contributed by atoms with Gasteiger partial charge in [-0.05, 0) is 34.9 Å². The highest BCUT2D eigenvalue weighted by Crippen LogP contribution is 2.24. The van der Waals surface area contributed by atoms with E-state index in [0.29, 0.717) is 24.9 Å². The van der Waals surface area contributed by atoms with Crippen LogP contribution in [0.1, 0.15) is 16.8 Å². The zero-order valence-electron chi connectivity index (χ0n) is 16.3. The van der Waals surface area contributed by atoms with E-state index < -0.39 is 0 Å². The number of hydrogen-bond donors (Lipinski definition) is 1. The highest BCUT2D eigenvalue weighted by atomic mass is 35.5. The topological polar surface area (TPSA) is 59.9 Å². The van der Waals surface area contributed by atoms with Crippen molar-refractivity contribution < 1.29 is 4.74 Å². The van der Waals surface area contributed by atoms with Crippen molar-refractivity contribution in [3.63, 3.8) is 0 Å². The van der Waals surface area contributed by atoms with Crippen LogP contribution in [0.5, 0.6) is 0 Å². The maximum Gasteiger partial charge on any atom is 0.129 e. The lowest BCUT2D eigenvalue weighted by Crippen LogP contribution is -2.01. The summed E-state index contributed by atoms with van der Waals surface area (Å²) in [5, 5.41) is 3.88. The van der Waals surface area contributed by atoms with E-state index in [0.717, 1.165) is 33.6 Å². The van der Waals surface area contributed by atoms with E-state index in [1.165, 1.54) is 0 Å². The van der Waals surface area contributed by atoms with Gasteiger partial charge in [-0.15, -0.1) is 0 Å². The van der Waals surface area contributed by atoms with Crippen LogP contribution in [0.2, 0.25) is 5.15 Å². The number of nitrogens with one attached hydrogen (secondary N) is 1. The monoisotopic (exact) mass is 416 g/mol. The lowest BCUT2D eigenvalue weighted by Gasteiger charge is -2.11. The highest BCUT2D eigenvalue weighted by molar-refractivity contribution is 6.29. The molecule has 2 aromatic heterocycles. The molecule has 0 aliphatic heterocycles. The number of pyridine rings is 1. The molecule has 4 rings (SSSR count). The standard InChI is InChI=1S/C24H21ClN4O/c25-24-11-6-19(13-28-24)12-27-21-9-7-20(8-10-21)22-14-26-17-29-23(22)16-30-15-18-4-2-1-3-5-18/h1-11,13-14,17,27H,12,15-16H2. The SMILES string of the molecule is Clc1ccc(CNc2ccc(-c3cncnc3COCc3ccccc3)cc2)cn1. The van der Waals surface area contributed by atoms with Gasteiger partial charge in [0.1, 0.15) is 11.5 Å². The quantitative estimate of drug-likeness (QED) is 0.383. The molecule has 0 unspecified atom stereocenters. The first-order valence-electron chi connectivity index (χ1n) is 9.63. The van der Waals surface area contributed by atoms with E-state index in [-0.39, 0.29) is 0 Å². The molecule has 2 aromatic carbocycles. The first-order chi connectivity index (χ1) is 14.8. The molecule has 0 radical (unpaired) electrons. The number of nitrogens with zero attached hydrogens (tertiary/aromatic N) is 3. The van der Waals surface area contributed by atoms with E-state index in [2.05, 4.69) is 32.4 Å². The first-order valence-corrected chi connectivity index (χ1v) is 10.0. The van der Waals surface area contributed by atoms with Gasteiger partial charge >= 0.3 is 0 Å². The van der Waals surface area contributed by atoms with E-state index in [1.807, 2.05) is 54.7 Å². The van der Waals surface area contributed by atoms with Crippen molar-refractivity contribution >= 4 is 17.3 Å². The molecule has 5 nitrogen and oxygen atoms in total. The Morgan fingerprint density at radius 1 is 0.800 bits per heavy atom. The molecule has 6 heteroatoms. The number of anilines is 1. The first kappa shape index (κ1) is 20.0. The maximum atomic E-state index is 5.87. The Balaban J connectivity index is 1.39. The van der Waals surface area contributed by atoms with Crippen LogP contribution in [-0.2, 0) is 24.5 Å². The van der Waals surface area contributed by atoms with Crippen molar-refractivity contribution in [2.45, 2.75) is 19.8 Å². The van der Waals surface area contributed by atoms with Gasteiger partial charge in [0.05, 0.1) is 18.9 Å². The van der Waals surface area contributed by atoms with Crippen LogP contribution in [-0.4, -0.2) is 15.0 Å². The van der Waals surface area contributed by atoms with Gasteiger partial charge in [0.15, 0.2) is 0 Å². The Bertz CT molecular complexity index is 1070. The number of aromatic nitrogens is 3. The second-order valence-electron chi connectivity index (χ2n) is 6.78. The van der Waals surface area contributed by atoms with Gasteiger partial charge in [-0.25, -0.2) is 15.0 Å². The zero-order valence-corrected chi connectivity index (χ0v) is 17.1. The number of rotatable bonds is 8. The van der Waals surface area contributed by atoms with Gasteiger partial charge in [-0.3, -0.25) is 0 Å². The predicted octanol–water partition coefficient (Wildman–Crippen LogP) is 5.52. The number of hydrogen-bond acceptors (Lipinski definition) is 5. The van der Waals surface area contributed by atoms with Crippen molar-refractivity contribution in [1.29, 1.82) is 0 Å². The largest absolute Gasteiger partial charge is 0.381 e. The number of ether oxygens (including phenoxy) is 1. The molecule has 150 valence electrons. The van der Waals surface area contributed by atoms with E-state index >= 15 is 0 Å². The third-order valence-electron chi connectivity index (χ3n) is 4.63. The van der Waals surface area contributed by atoms with Crippen molar-refractivity contribution in [1.82, 2.24) is 15.0 Å². The molecule has 30 heavy (non-hydrogen) atoms. The maximum absolute atomic E-state index is 5.87. The smallest absolute Gasteiger partial charge is 0.129 e. The van der Waals surface area contributed by atoms with Crippen molar-refractivity contribution in [2.75, 3.05) is 5.32 Å². The van der Waals surface area contributed by atoms with E-state index in [4.69, 9.17) is 16.3 Å². The van der Waals surface area contributed by atoms with Crippen molar-refractivity contribution in [3.05, 3.63) is 107 Å². The summed E-state index contributed by atoms with van der Waals surface area (Å²) in [7, 11) is 0. The Morgan fingerprint density at radius 3 is 2.40 bits per heavy atom. The van der Waals surface area contributed by atoms with Crippen molar-refractivity contribution in [2.24, 2.45) is 0 Å². The minimum absolute atomic E-state index is 0.427. The Labute approximate surface area is 180 Å². The van der Waals surface area contributed by atoms with Crippen LogP contribution in [0.4, 0.5) is 5.69 Å². The van der Waals surface area contributed by atoms with Crippen LogP contribution in [0.3, 0.4) is 0 Å². The summed E-state index contributed by atoms with van der Waals surface area (Å²) in [6.45, 7) is 1.65. The second-order valence-corrected chi connectivity index (χ2v) is 7.17. The second kappa shape index (κ2) is 9.96. The summed E-state index contributed by atoms with van der Waals surface area (Å²) < 4.78 is 5.87. The van der Waals surface area contributed by atoms with Gasteiger partial charge in [0.25, 0.3) is 0 Å². The molecule has 0 aliphatic rings. The molecule has 0 saturated carbocycles. The van der Waals surface area contributed by atoms with Crippen LogP contribution >= 0.6 is 11.6 Å². The molecule has 0 atom stereocenters. The van der Waals surface area contributed by atoms with Crippen LogP contribution < -0.4 is 5.32 Å². The lowest BCUT2D eigenvalue weighted by atomic mass is 10.1. The van der Waals surface area contributed by atoms with Gasteiger partial charge in [-0.1, -0.05) is 60.1 Å². The molecule has 0 spiro atoms. The summed E-state index contributed by atoms with van der Waals surface area (Å²) in [5.41, 5.74) is 6.12. The molecule has 1 N–H and O–H groups in total. The third kappa shape index (κ3) is 5.41. The Kier molecular flexibility index (Phi) is 6.65. The molecular formula is C24H21ClN4O. The van der Waals surface area contributed by atoms with E-state index in [9.17, 15) is 0 Å². The van der Waals surface area contributed by atoms with Crippen LogP contribution in [0.15, 0.2) is 85.5 Å². The van der Waals surface area contributed by atoms with Gasteiger partial charge in [-0.2, -0.15) is 0 Å². The average molecular weight is 417 g/mol. The number of benzene rings is 2. The molecule has 2 heterocycles. The number of halogens is 1. The zero-order chi connectivity index (χ0) is 20.6. The molecule has 0 amide bonds. The molecule has 4 aromatic rings. The molecule has 0 saturated heterocycles. The summed E-state index contributed by atoms with van der Waals surface area (Å²) in [6, 6.07) is 22.1. The normalized spacial score (nSPS) is 10.7. The third-order valence-corrected chi connectivity index (χ3v) is 4.85. The predicted molar refractivity (Wildman–Crippen MR) is 119 cm³/mol. The van der Waals surface area contributed by atoms with Crippen LogP contribution in [0, 0.1) is 0 Å². The molecule has 0 fully saturated rings. The Hall–Kier alpha value is -3.28. The highest BCUT2D eigenvalue weighted by Gasteiger charge is 2.08. The molecular weight excluding hydrogens is 396 g/mol. The fourth-order valence-corrected chi connectivity index (χ4v) is 3.15.